The van der Waals surface area contributed by atoms with Gasteiger partial charge in [-0.3, -0.25) is 4.79 Å². The molecule has 0 fully saturated rings. The molecule has 1 N–H and O–H groups in total. The number of hydrogen-bond acceptors (Lipinski definition) is 3. The Hall–Kier alpha value is -1.04. The maximum Gasteiger partial charge on any atom is 0.254 e. The van der Waals surface area contributed by atoms with Crippen molar-refractivity contribution in [2.75, 3.05) is 6.54 Å². The zero-order chi connectivity index (χ0) is 13.8. The van der Waals surface area contributed by atoms with E-state index in [4.69, 9.17) is 11.6 Å². The monoisotopic (exact) mass is 315 g/mol. The molecule has 0 aliphatic rings. The molecule has 0 aliphatic carbocycles. The molecule has 0 saturated heterocycles. The molecule has 2 nitrogen and oxygen atoms in total. The van der Waals surface area contributed by atoms with Gasteiger partial charge >= 0.3 is 0 Å². The van der Waals surface area contributed by atoms with Crippen molar-refractivity contribution in [3.8, 4) is 0 Å². The Labute approximate surface area is 125 Å². The Morgan fingerprint density at radius 2 is 2.16 bits per heavy atom. The topological polar surface area (TPSA) is 29.1 Å². The Balaban J connectivity index is 1.92. The number of rotatable bonds is 4. The number of thiol groups is 1. The average molecular weight is 316 g/mol. The van der Waals surface area contributed by atoms with Gasteiger partial charge in [-0.2, -0.15) is 0 Å². The largest absolute Gasteiger partial charge is 0.352 e. The van der Waals surface area contributed by atoms with Crippen LogP contribution in [0.1, 0.15) is 15.2 Å². The lowest BCUT2D eigenvalue weighted by Crippen LogP contribution is -2.26. The summed E-state index contributed by atoms with van der Waals surface area (Å²) < 4.78 is 14.2. The second-order valence-corrected chi connectivity index (χ2v) is 6.19. The van der Waals surface area contributed by atoms with Gasteiger partial charge in [-0.25, -0.2) is 4.39 Å². The van der Waals surface area contributed by atoms with Crippen LogP contribution >= 0.6 is 35.6 Å². The normalized spacial score (nSPS) is 10.5. The van der Waals surface area contributed by atoms with Crippen molar-refractivity contribution in [1.29, 1.82) is 0 Å². The van der Waals surface area contributed by atoms with E-state index in [-0.39, 0.29) is 5.56 Å². The van der Waals surface area contributed by atoms with Gasteiger partial charge in [0.05, 0.1) is 9.90 Å². The molecule has 1 aromatic carbocycles. The lowest BCUT2D eigenvalue weighted by molar-refractivity contribution is 0.0950. The quantitative estimate of drug-likeness (QED) is 0.826. The first-order valence-electron chi connectivity index (χ1n) is 5.57. The van der Waals surface area contributed by atoms with Crippen molar-refractivity contribution in [3.05, 3.63) is 50.9 Å². The molecule has 0 unspecified atom stereocenters. The minimum absolute atomic E-state index is 0.0108. The highest BCUT2D eigenvalue weighted by Crippen LogP contribution is 2.21. The smallest absolute Gasteiger partial charge is 0.254 e. The van der Waals surface area contributed by atoms with Crippen LogP contribution in [-0.4, -0.2) is 12.5 Å². The first kappa shape index (κ1) is 14.4. The van der Waals surface area contributed by atoms with Crippen molar-refractivity contribution in [3.63, 3.8) is 0 Å². The van der Waals surface area contributed by atoms with Crippen LogP contribution in [0.15, 0.2) is 35.2 Å². The van der Waals surface area contributed by atoms with Crippen LogP contribution in [0.3, 0.4) is 0 Å². The number of benzene rings is 1. The summed E-state index contributed by atoms with van der Waals surface area (Å²) in [5.41, 5.74) is 0.0108. The SMILES string of the molecule is O=C(NCCc1ccc(Cl)s1)c1cc(S)ccc1F. The summed E-state index contributed by atoms with van der Waals surface area (Å²) in [5.74, 6) is -0.981. The van der Waals surface area contributed by atoms with Crippen molar-refractivity contribution < 1.29 is 9.18 Å². The molecule has 100 valence electrons. The number of amides is 1. The number of carbonyl (C=O) groups is 1. The summed E-state index contributed by atoms with van der Waals surface area (Å²) in [7, 11) is 0. The molecule has 0 spiro atoms. The molecule has 6 heteroatoms. The second-order valence-electron chi connectivity index (χ2n) is 3.88. The molecule has 0 saturated carbocycles. The molecule has 0 atom stereocenters. The Bertz CT molecular complexity index is 600. The van der Waals surface area contributed by atoms with Crippen LogP contribution in [-0.2, 0) is 6.42 Å². The van der Waals surface area contributed by atoms with E-state index in [0.29, 0.717) is 17.9 Å². The maximum atomic E-state index is 13.5. The van der Waals surface area contributed by atoms with Gasteiger partial charge in [0.15, 0.2) is 0 Å². The van der Waals surface area contributed by atoms with Gasteiger partial charge in [0, 0.05) is 16.3 Å². The van der Waals surface area contributed by atoms with Crippen molar-refractivity contribution in [1.82, 2.24) is 5.32 Å². The molecule has 0 aliphatic heterocycles. The van der Waals surface area contributed by atoms with Crippen LogP contribution in [0.5, 0.6) is 0 Å². The van der Waals surface area contributed by atoms with Crippen LogP contribution < -0.4 is 5.32 Å². The molecule has 0 bridgehead atoms. The van der Waals surface area contributed by atoms with Crippen LogP contribution in [0.2, 0.25) is 4.34 Å². The lowest BCUT2D eigenvalue weighted by atomic mass is 10.2. The second kappa shape index (κ2) is 6.41. The predicted octanol–water partition coefficient (Wildman–Crippen LogP) is 3.80. The molecule has 2 rings (SSSR count). The molecule has 2 aromatic rings. The molecule has 0 radical (unpaired) electrons. The molecule has 1 aromatic heterocycles. The molecule has 1 amide bonds. The van der Waals surface area contributed by atoms with Gasteiger partial charge in [-0.15, -0.1) is 24.0 Å². The van der Waals surface area contributed by atoms with Gasteiger partial charge < -0.3 is 5.32 Å². The first-order chi connectivity index (χ1) is 9.06. The summed E-state index contributed by atoms with van der Waals surface area (Å²) in [4.78, 5) is 13.4. The average Bonchev–Trinajstić information content (AvgIpc) is 2.78. The zero-order valence-corrected chi connectivity index (χ0v) is 12.3. The van der Waals surface area contributed by atoms with Crippen LogP contribution in [0.4, 0.5) is 4.39 Å². The number of carbonyl (C=O) groups excluding carboxylic acids is 1. The summed E-state index contributed by atoms with van der Waals surface area (Å²) in [6.07, 6.45) is 0.672. The van der Waals surface area contributed by atoms with E-state index in [9.17, 15) is 9.18 Å². The number of halogens is 2. The first-order valence-corrected chi connectivity index (χ1v) is 7.21. The number of hydrogen-bond donors (Lipinski definition) is 2. The third-order valence-electron chi connectivity index (χ3n) is 2.48. The number of nitrogens with one attached hydrogen (secondary N) is 1. The highest BCUT2D eigenvalue weighted by Gasteiger charge is 2.11. The molecule has 19 heavy (non-hydrogen) atoms. The van der Waals surface area contributed by atoms with E-state index in [0.717, 1.165) is 9.21 Å². The van der Waals surface area contributed by atoms with E-state index in [1.54, 1.807) is 0 Å². The Morgan fingerprint density at radius 3 is 2.84 bits per heavy atom. The van der Waals surface area contributed by atoms with Crippen molar-refractivity contribution in [2.45, 2.75) is 11.3 Å². The molecule has 1 heterocycles. The van der Waals surface area contributed by atoms with Gasteiger partial charge in [0.1, 0.15) is 5.82 Å². The van der Waals surface area contributed by atoms with E-state index in [2.05, 4.69) is 17.9 Å². The van der Waals surface area contributed by atoms with Gasteiger partial charge in [0.25, 0.3) is 5.91 Å². The summed E-state index contributed by atoms with van der Waals surface area (Å²) in [6, 6.07) is 7.87. The Morgan fingerprint density at radius 1 is 1.37 bits per heavy atom. The van der Waals surface area contributed by atoms with E-state index >= 15 is 0 Å². The van der Waals surface area contributed by atoms with Gasteiger partial charge in [-0.1, -0.05) is 11.6 Å². The third kappa shape index (κ3) is 3.96. The highest BCUT2D eigenvalue weighted by atomic mass is 35.5. The fourth-order valence-electron chi connectivity index (χ4n) is 1.57. The third-order valence-corrected chi connectivity index (χ3v) is 4.05. The predicted molar refractivity (Wildman–Crippen MR) is 79.0 cm³/mol. The molecular formula is C13H11ClFNOS2. The Kier molecular flexibility index (Phi) is 4.85. The fourth-order valence-corrected chi connectivity index (χ4v) is 2.86. The summed E-state index contributed by atoms with van der Waals surface area (Å²) in [5, 5.41) is 2.68. The minimum Gasteiger partial charge on any atom is -0.352 e. The van der Waals surface area contributed by atoms with Crippen molar-refractivity contribution in [2.24, 2.45) is 0 Å². The highest BCUT2D eigenvalue weighted by molar-refractivity contribution is 7.80. The van der Waals surface area contributed by atoms with Gasteiger partial charge in [-0.05, 0) is 36.8 Å². The van der Waals surface area contributed by atoms with E-state index < -0.39 is 11.7 Å². The lowest BCUT2D eigenvalue weighted by Gasteiger charge is -2.06. The molecular weight excluding hydrogens is 305 g/mol. The summed E-state index contributed by atoms with van der Waals surface area (Å²) in [6.45, 7) is 0.436. The van der Waals surface area contributed by atoms with Crippen LogP contribution in [0, 0.1) is 5.82 Å². The van der Waals surface area contributed by atoms with E-state index in [1.807, 2.05) is 12.1 Å². The van der Waals surface area contributed by atoms with Crippen molar-refractivity contribution >= 4 is 41.5 Å². The standard InChI is InChI=1S/C13H11ClFNOS2/c14-12-4-2-9(19-12)5-6-16-13(17)10-7-8(18)1-3-11(10)15/h1-4,7,18H,5-6H2,(H,16,17). The fraction of sp³-hybridized carbons (Fsp3) is 0.154. The van der Waals surface area contributed by atoms with E-state index in [1.165, 1.54) is 29.5 Å². The van der Waals surface area contributed by atoms with Gasteiger partial charge in [0.2, 0.25) is 0 Å². The number of thiophene rings is 1. The summed E-state index contributed by atoms with van der Waals surface area (Å²) >= 11 is 11.4. The minimum atomic E-state index is -0.547. The van der Waals surface area contributed by atoms with Crippen LogP contribution in [0.25, 0.3) is 0 Å². The maximum absolute atomic E-state index is 13.5. The zero-order valence-electron chi connectivity index (χ0n) is 9.82.